The summed E-state index contributed by atoms with van der Waals surface area (Å²) < 4.78 is 8.38. The van der Waals surface area contributed by atoms with Crippen LogP contribution in [0.5, 0.6) is 0 Å². The molecule has 0 spiro atoms. The Hall–Kier alpha value is -2.40. The van der Waals surface area contributed by atoms with Gasteiger partial charge in [-0.2, -0.15) is 0 Å². The quantitative estimate of drug-likeness (QED) is 0.497. The minimum Gasteiger partial charge on any atom is -0.361 e. The molecule has 0 N–H and O–H groups in total. The molecule has 1 aromatic carbocycles. The fourth-order valence-corrected chi connectivity index (χ4v) is 3.35. The molecule has 114 valence electrons. The number of hydrogen-bond acceptors (Lipinski definition) is 3. The van der Waals surface area contributed by atoms with Gasteiger partial charge in [-0.25, -0.2) is 4.98 Å². The predicted molar refractivity (Wildman–Crippen MR) is 93.7 cm³/mol. The number of halogens is 1. The Balaban J connectivity index is 1.98. The van der Waals surface area contributed by atoms with E-state index in [1.54, 1.807) is 0 Å². The lowest BCUT2D eigenvalue weighted by molar-refractivity contribution is 0.393. The summed E-state index contributed by atoms with van der Waals surface area (Å²) in [6.45, 7) is 3.84. The number of hydrogen-bond donors (Lipinski definition) is 0. The third-order valence-corrected chi connectivity index (χ3v) is 4.56. The second-order valence-electron chi connectivity index (χ2n) is 5.45. The molecule has 0 aliphatic carbocycles. The molecule has 3 aromatic heterocycles. The second-order valence-corrected chi connectivity index (χ2v) is 6.30. The van der Waals surface area contributed by atoms with Gasteiger partial charge in [0.2, 0.25) is 0 Å². The van der Waals surface area contributed by atoms with Crippen LogP contribution < -0.4 is 0 Å². The summed E-state index contributed by atoms with van der Waals surface area (Å²) in [5, 5.41) is 5.10. The second kappa shape index (κ2) is 5.35. The number of pyridine rings is 1. The maximum Gasteiger partial charge on any atom is 0.146 e. The van der Waals surface area contributed by atoms with Crippen molar-refractivity contribution in [2.75, 3.05) is 0 Å². The van der Waals surface area contributed by atoms with Crippen molar-refractivity contribution in [1.82, 2.24) is 14.7 Å². The number of fused-ring (bicyclic) bond motifs is 1. The summed E-state index contributed by atoms with van der Waals surface area (Å²) in [4.78, 5) is 4.87. The van der Waals surface area contributed by atoms with E-state index in [4.69, 9.17) is 9.51 Å². The molecular formula is C18H14BrN3O. The number of benzene rings is 1. The Morgan fingerprint density at radius 2 is 1.83 bits per heavy atom. The first kappa shape index (κ1) is 14.2. The van der Waals surface area contributed by atoms with Crippen LogP contribution in [0.3, 0.4) is 0 Å². The van der Waals surface area contributed by atoms with E-state index < -0.39 is 0 Å². The highest BCUT2D eigenvalue weighted by Gasteiger charge is 2.16. The van der Waals surface area contributed by atoms with Crippen molar-refractivity contribution in [3.63, 3.8) is 0 Å². The molecule has 4 rings (SSSR count). The molecule has 0 aliphatic rings. The van der Waals surface area contributed by atoms with Crippen molar-refractivity contribution >= 4 is 27.0 Å². The minimum absolute atomic E-state index is 0.784. The SMILES string of the molecule is Cc1noc(C)c1-c1ccc2c(Br)cn(-c3ccccc3)c2n1. The van der Waals surface area contributed by atoms with E-state index in [1.165, 1.54) is 0 Å². The van der Waals surface area contributed by atoms with Crippen LogP contribution in [0.2, 0.25) is 0 Å². The van der Waals surface area contributed by atoms with Crippen LogP contribution in [0, 0.1) is 13.8 Å². The average molecular weight is 368 g/mol. The van der Waals surface area contributed by atoms with Crippen molar-refractivity contribution < 1.29 is 4.52 Å². The first-order chi connectivity index (χ1) is 11.1. The van der Waals surface area contributed by atoms with Crippen LogP contribution in [0.4, 0.5) is 0 Å². The predicted octanol–water partition coefficient (Wildman–Crippen LogP) is 5.06. The molecule has 0 radical (unpaired) electrons. The first-order valence-electron chi connectivity index (χ1n) is 7.31. The molecule has 0 bridgehead atoms. The average Bonchev–Trinajstić information content (AvgIpc) is 3.08. The molecule has 0 saturated carbocycles. The van der Waals surface area contributed by atoms with Crippen molar-refractivity contribution in [3.05, 3.63) is 64.6 Å². The minimum atomic E-state index is 0.784. The first-order valence-corrected chi connectivity index (χ1v) is 8.10. The smallest absolute Gasteiger partial charge is 0.146 e. The van der Waals surface area contributed by atoms with Crippen LogP contribution >= 0.6 is 15.9 Å². The third kappa shape index (κ3) is 2.28. The van der Waals surface area contributed by atoms with Crippen LogP contribution in [-0.4, -0.2) is 14.7 Å². The van der Waals surface area contributed by atoms with E-state index in [9.17, 15) is 0 Å². The standard InChI is InChI=1S/C18H14BrN3O/c1-11-17(12(2)23-21-11)16-9-8-14-15(19)10-22(18(14)20-16)13-6-4-3-5-7-13/h3-10H,1-2H3. The Bertz CT molecular complexity index is 982. The Morgan fingerprint density at radius 3 is 2.52 bits per heavy atom. The molecule has 23 heavy (non-hydrogen) atoms. The molecule has 4 nitrogen and oxygen atoms in total. The van der Waals surface area contributed by atoms with E-state index >= 15 is 0 Å². The lowest BCUT2D eigenvalue weighted by Crippen LogP contribution is -1.95. The summed E-state index contributed by atoms with van der Waals surface area (Å²) in [6, 6.07) is 14.3. The van der Waals surface area contributed by atoms with E-state index in [0.717, 1.165) is 43.9 Å². The highest BCUT2D eigenvalue weighted by atomic mass is 79.9. The van der Waals surface area contributed by atoms with Gasteiger partial charge in [-0.05, 0) is 54.0 Å². The van der Waals surface area contributed by atoms with Crippen molar-refractivity contribution in [3.8, 4) is 16.9 Å². The third-order valence-electron chi connectivity index (χ3n) is 3.93. The fourth-order valence-electron chi connectivity index (χ4n) is 2.84. The number of aryl methyl sites for hydroxylation is 2. The highest BCUT2D eigenvalue weighted by molar-refractivity contribution is 9.10. The molecule has 3 heterocycles. The lowest BCUT2D eigenvalue weighted by atomic mass is 10.1. The van der Waals surface area contributed by atoms with E-state index in [-0.39, 0.29) is 0 Å². The van der Waals surface area contributed by atoms with E-state index in [1.807, 2.05) is 44.3 Å². The Labute approximate surface area is 141 Å². The zero-order chi connectivity index (χ0) is 16.0. The van der Waals surface area contributed by atoms with Crippen LogP contribution in [0.25, 0.3) is 28.0 Å². The van der Waals surface area contributed by atoms with Gasteiger partial charge in [0.15, 0.2) is 0 Å². The van der Waals surface area contributed by atoms with Crippen molar-refractivity contribution in [1.29, 1.82) is 0 Å². The normalized spacial score (nSPS) is 11.3. The summed E-state index contributed by atoms with van der Waals surface area (Å²) in [5.74, 6) is 0.784. The van der Waals surface area contributed by atoms with E-state index in [0.29, 0.717) is 0 Å². The zero-order valence-corrected chi connectivity index (χ0v) is 14.3. The fraction of sp³-hybridized carbons (Fsp3) is 0.111. The molecule has 0 unspecified atom stereocenters. The van der Waals surface area contributed by atoms with E-state index in [2.05, 4.69) is 43.9 Å². The van der Waals surface area contributed by atoms with Gasteiger partial charge in [-0.15, -0.1) is 0 Å². The number of aromatic nitrogens is 3. The van der Waals surface area contributed by atoms with Crippen molar-refractivity contribution in [2.24, 2.45) is 0 Å². The number of para-hydroxylation sites is 1. The topological polar surface area (TPSA) is 43.9 Å². The van der Waals surface area contributed by atoms with Gasteiger partial charge in [0.05, 0.1) is 17.0 Å². The van der Waals surface area contributed by atoms with Gasteiger partial charge in [-0.3, -0.25) is 0 Å². The Morgan fingerprint density at radius 1 is 1.04 bits per heavy atom. The molecule has 0 atom stereocenters. The van der Waals surface area contributed by atoms with Crippen LogP contribution in [0.15, 0.2) is 57.7 Å². The number of nitrogens with zero attached hydrogens (tertiary/aromatic N) is 3. The largest absolute Gasteiger partial charge is 0.361 e. The van der Waals surface area contributed by atoms with Crippen molar-refractivity contribution in [2.45, 2.75) is 13.8 Å². The summed E-state index contributed by atoms with van der Waals surface area (Å²) in [6.07, 6.45) is 2.05. The van der Waals surface area contributed by atoms with Crippen LogP contribution in [-0.2, 0) is 0 Å². The maximum absolute atomic E-state index is 5.28. The van der Waals surface area contributed by atoms with Gasteiger partial charge >= 0.3 is 0 Å². The molecular weight excluding hydrogens is 354 g/mol. The molecule has 4 aromatic rings. The van der Waals surface area contributed by atoms with Gasteiger partial charge < -0.3 is 9.09 Å². The number of rotatable bonds is 2. The van der Waals surface area contributed by atoms with Crippen LogP contribution in [0.1, 0.15) is 11.5 Å². The summed E-state index contributed by atoms with van der Waals surface area (Å²) >= 11 is 3.63. The van der Waals surface area contributed by atoms with Gasteiger partial charge in [0.1, 0.15) is 11.4 Å². The highest BCUT2D eigenvalue weighted by Crippen LogP contribution is 2.32. The zero-order valence-electron chi connectivity index (χ0n) is 12.7. The molecule has 0 amide bonds. The molecule has 0 fully saturated rings. The maximum atomic E-state index is 5.28. The Kier molecular flexibility index (Phi) is 3.31. The molecule has 0 saturated heterocycles. The molecule has 0 aliphatic heterocycles. The van der Waals surface area contributed by atoms with Gasteiger partial charge in [0, 0.05) is 21.7 Å². The van der Waals surface area contributed by atoms with Gasteiger partial charge in [0.25, 0.3) is 0 Å². The summed E-state index contributed by atoms with van der Waals surface area (Å²) in [5.41, 5.74) is 4.67. The molecule has 5 heteroatoms. The van der Waals surface area contributed by atoms with Gasteiger partial charge in [-0.1, -0.05) is 23.4 Å². The summed E-state index contributed by atoms with van der Waals surface area (Å²) in [7, 11) is 0. The lowest BCUT2D eigenvalue weighted by Gasteiger charge is -2.06. The monoisotopic (exact) mass is 367 g/mol.